The van der Waals surface area contributed by atoms with Gasteiger partial charge in [-0.3, -0.25) is 4.90 Å². The normalized spacial score (nSPS) is 12.4. The lowest BCUT2D eigenvalue weighted by Crippen LogP contribution is -2.10. The summed E-state index contributed by atoms with van der Waals surface area (Å²) in [5, 5.41) is 4.17. The molecule has 4 heterocycles. The van der Waals surface area contributed by atoms with Crippen LogP contribution in [0.5, 0.6) is 5.75 Å². The number of rotatable bonds is 3. The van der Waals surface area contributed by atoms with E-state index >= 15 is 0 Å². The van der Waals surface area contributed by atoms with Crippen molar-refractivity contribution < 1.29 is 13.5 Å². The molecule has 1 aliphatic heterocycles. The predicted octanol–water partition coefficient (Wildman–Crippen LogP) is 4.18. The minimum atomic E-state index is -0.707. The minimum absolute atomic E-state index is 0.132. The van der Waals surface area contributed by atoms with Crippen LogP contribution in [0.3, 0.4) is 0 Å². The molecule has 33 heavy (non-hydrogen) atoms. The van der Waals surface area contributed by atoms with Gasteiger partial charge in [-0.25, -0.2) is 23.4 Å². The molecule has 1 aliphatic rings. The van der Waals surface area contributed by atoms with Crippen LogP contribution in [0.4, 0.5) is 8.78 Å². The molecule has 3 aromatic heterocycles. The fourth-order valence-corrected chi connectivity index (χ4v) is 4.70. The molecule has 0 unspecified atom stereocenters. The highest BCUT2D eigenvalue weighted by atomic mass is 32.1. The van der Waals surface area contributed by atoms with Crippen LogP contribution in [0.25, 0.3) is 27.0 Å². The Morgan fingerprint density at radius 2 is 2.06 bits per heavy atom. The second kappa shape index (κ2) is 8.73. The van der Waals surface area contributed by atoms with E-state index in [-0.39, 0.29) is 5.69 Å². The second-order valence-electron chi connectivity index (χ2n) is 7.74. The van der Waals surface area contributed by atoms with E-state index in [1.165, 1.54) is 34.5 Å². The fraction of sp³-hybridized carbons (Fsp3) is 0.208. The smallest absolute Gasteiger partial charge is 0.173 e. The number of pyridine rings is 1. The van der Waals surface area contributed by atoms with Gasteiger partial charge in [-0.05, 0) is 55.9 Å². The number of aromatic nitrogens is 4. The van der Waals surface area contributed by atoms with E-state index < -0.39 is 11.6 Å². The standard InChI is InChI=1S/C24H19F2N5OS/c1-30(2)10-3-4-17-6-8-20-22(29-17)23-15(9-11-32-20)12-21(33-23)24-27-14-28-31(24)19-7-5-16(25)13-18(19)26/h5-8,12-14H,9-11H2,1-2H3. The third-order valence-corrected chi connectivity index (χ3v) is 6.21. The monoisotopic (exact) mass is 463 g/mol. The molecule has 0 atom stereocenters. The van der Waals surface area contributed by atoms with Crippen LogP contribution in [0, 0.1) is 23.5 Å². The van der Waals surface area contributed by atoms with Crippen molar-refractivity contribution in [2.24, 2.45) is 0 Å². The number of benzene rings is 1. The Balaban J connectivity index is 1.57. The molecular weight excluding hydrogens is 444 g/mol. The van der Waals surface area contributed by atoms with E-state index in [4.69, 9.17) is 9.72 Å². The van der Waals surface area contributed by atoms with E-state index in [9.17, 15) is 8.78 Å². The van der Waals surface area contributed by atoms with Crippen molar-refractivity contribution in [2.75, 3.05) is 27.2 Å². The lowest BCUT2D eigenvalue weighted by Gasteiger charge is -2.07. The molecule has 0 N–H and O–H groups in total. The fourth-order valence-electron chi connectivity index (χ4n) is 3.52. The molecule has 0 aliphatic carbocycles. The minimum Gasteiger partial charge on any atom is -0.491 e. The largest absolute Gasteiger partial charge is 0.491 e. The van der Waals surface area contributed by atoms with Crippen LogP contribution < -0.4 is 4.74 Å². The average Bonchev–Trinajstić information content (AvgIpc) is 3.38. The van der Waals surface area contributed by atoms with Crippen molar-refractivity contribution in [3.05, 3.63) is 65.6 Å². The maximum absolute atomic E-state index is 14.4. The molecule has 9 heteroatoms. The topological polar surface area (TPSA) is 56.1 Å². The van der Waals surface area contributed by atoms with E-state index in [2.05, 4.69) is 21.9 Å². The summed E-state index contributed by atoms with van der Waals surface area (Å²) in [5.41, 5.74) is 2.59. The Bertz CT molecular complexity index is 1400. The van der Waals surface area contributed by atoms with Gasteiger partial charge in [0.2, 0.25) is 0 Å². The molecule has 0 saturated carbocycles. The summed E-state index contributed by atoms with van der Waals surface area (Å²) in [6.45, 7) is 1.15. The lowest BCUT2D eigenvalue weighted by molar-refractivity contribution is 0.325. The van der Waals surface area contributed by atoms with Crippen LogP contribution in [0.15, 0.2) is 42.7 Å². The summed E-state index contributed by atoms with van der Waals surface area (Å²) in [6.07, 6.45) is 2.06. The van der Waals surface area contributed by atoms with Gasteiger partial charge in [0.05, 0.1) is 22.9 Å². The highest BCUT2D eigenvalue weighted by molar-refractivity contribution is 7.19. The highest BCUT2D eigenvalue weighted by Crippen LogP contribution is 2.42. The van der Waals surface area contributed by atoms with Crippen LogP contribution in [-0.2, 0) is 6.42 Å². The molecule has 5 rings (SSSR count). The SMILES string of the molecule is CN(C)CC#Cc1ccc2c(n1)-c1sc(-c3ncnn3-c3ccc(F)cc3F)cc1CCO2. The summed E-state index contributed by atoms with van der Waals surface area (Å²) < 4.78 is 35.1. The Hall–Kier alpha value is -3.61. The molecule has 6 nitrogen and oxygen atoms in total. The Kier molecular flexibility index (Phi) is 5.62. The zero-order chi connectivity index (χ0) is 22.9. The Morgan fingerprint density at radius 3 is 2.88 bits per heavy atom. The molecule has 166 valence electrons. The van der Waals surface area contributed by atoms with Crippen molar-refractivity contribution >= 4 is 11.3 Å². The summed E-state index contributed by atoms with van der Waals surface area (Å²) in [4.78, 5) is 12.9. The molecular formula is C24H19F2N5OS. The zero-order valence-electron chi connectivity index (χ0n) is 18.0. The molecule has 0 bridgehead atoms. The number of fused-ring (bicyclic) bond motifs is 3. The van der Waals surface area contributed by atoms with Gasteiger partial charge < -0.3 is 4.74 Å². The van der Waals surface area contributed by atoms with Gasteiger partial charge in [0.1, 0.15) is 35.0 Å². The third-order valence-electron chi connectivity index (χ3n) is 5.03. The van der Waals surface area contributed by atoms with E-state index in [0.717, 1.165) is 27.1 Å². The van der Waals surface area contributed by atoms with Crippen LogP contribution in [-0.4, -0.2) is 51.9 Å². The Labute approximate surface area is 193 Å². The van der Waals surface area contributed by atoms with E-state index in [0.29, 0.717) is 36.8 Å². The van der Waals surface area contributed by atoms with Crippen LogP contribution >= 0.6 is 11.3 Å². The first kappa shape index (κ1) is 21.2. The number of thiophene rings is 1. The predicted molar refractivity (Wildman–Crippen MR) is 122 cm³/mol. The zero-order valence-corrected chi connectivity index (χ0v) is 18.8. The van der Waals surface area contributed by atoms with Gasteiger partial charge in [0, 0.05) is 12.5 Å². The van der Waals surface area contributed by atoms with Gasteiger partial charge in [-0.1, -0.05) is 5.92 Å². The molecule has 1 aromatic carbocycles. The highest BCUT2D eigenvalue weighted by Gasteiger charge is 2.23. The molecule has 0 spiro atoms. The van der Waals surface area contributed by atoms with Crippen LogP contribution in [0.1, 0.15) is 11.3 Å². The van der Waals surface area contributed by atoms with Gasteiger partial charge >= 0.3 is 0 Å². The first-order valence-corrected chi connectivity index (χ1v) is 11.1. The number of hydrogen-bond donors (Lipinski definition) is 0. The number of ether oxygens (including phenoxy) is 1. The molecule has 0 amide bonds. The molecule has 0 radical (unpaired) electrons. The maximum Gasteiger partial charge on any atom is 0.173 e. The third kappa shape index (κ3) is 4.23. The summed E-state index contributed by atoms with van der Waals surface area (Å²) in [5.74, 6) is 6.03. The van der Waals surface area contributed by atoms with Gasteiger partial charge in [-0.2, -0.15) is 5.10 Å². The van der Waals surface area contributed by atoms with Crippen molar-refractivity contribution in [3.8, 4) is 44.6 Å². The first-order chi connectivity index (χ1) is 16.0. The molecule has 4 aromatic rings. The van der Waals surface area contributed by atoms with Crippen molar-refractivity contribution in [1.82, 2.24) is 24.6 Å². The molecule has 0 saturated heterocycles. The lowest BCUT2D eigenvalue weighted by atomic mass is 10.1. The van der Waals surface area contributed by atoms with Crippen molar-refractivity contribution in [1.29, 1.82) is 0 Å². The number of nitrogens with zero attached hydrogens (tertiary/aromatic N) is 5. The summed E-state index contributed by atoms with van der Waals surface area (Å²) in [6, 6.07) is 9.14. The average molecular weight is 464 g/mol. The van der Waals surface area contributed by atoms with Gasteiger partial charge in [0.25, 0.3) is 0 Å². The van der Waals surface area contributed by atoms with Gasteiger partial charge in [0.15, 0.2) is 11.6 Å². The summed E-state index contributed by atoms with van der Waals surface area (Å²) in [7, 11) is 3.92. The van der Waals surface area contributed by atoms with Crippen molar-refractivity contribution in [2.45, 2.75) is 6.42 Å². The van der Waals surface area contributed by atoms with E-state index in [1.54, 1.807) is 0 Å². The Morgan fingerprint density at radius 1 is 1.18 bits per heavy atom. The van der Waals surface area contributed by atoms with Crippen molar-refractivity contribution in [3.63, 3.8) is 0 Å². The quantitative estimate of drug-likeness (QED) is 0.427. The van der Waals surface area contributed by atoms with Gasteiger partial charge in [-0.15, -0.1) is 11.3 Å². The summed E-state index contributed by atoms with van der Waals surface area (Å²) >= 11 is 1.49. The molecule has 0 fully saturated rings. The number of halogens is 2. The second-order valence-corrected chi connectivity index (χ2v) is 8.79. The van der Waals surface area contributed by atoms with Crippen LogP contribution in [0.2, 0.25) is 0 Å². The maximum atomic E-state index is 14.4. The van der Waals surface area contributed by atoms with E-state index in [1.807, 2.05) is 37.2 Å². The number of hydrogen-bond acceptors (Lipinski definition) is 6. The first-order valence-electron chi connectivity index (χ1n) is 10.3.